The number of fused-ring (bicyclic) bond motifs is 5. The van der Waals surface area contributed by atoms with E-state index < -0.39 is 64.4 Å². The molecule has 4 N–H and O–H groups in total. The number of benzene rings is 1. The van der Waals surface area contributed by atoms with Gasteiger partial charge in [0.15, 0.2) is 34.7 Å². The lowest BCUT2D eigenvalue weighted by molar-refractivity contribution is -0.181. The minimum Gasteiger partial charge on any atom is -0.507 e. The Balaban J connectivity index is 1.43. The number of rotatable bonds is 5. The molecule has 220 valence electrons. The lowest BCUT2D eigenvalue weighted by Crippen LogP contribution is -2.74. The van der Waals surface area contributed by atoms with Crippen molar-refractivity contribution in [2.75, 3.05) is 46.2 Å². The lowest BCUT2D eigenvalue weighted by atomic mass is 9.52. The van der Waals surface area contributed by atoms with E-state index >= 15 is 0 Å². The highest BCUT2D eigenvalue weighted by atomic mass is 16.3. The summed E-state index contributed by atoms with van der Waals surface area (Å²) in [4.78, 5) is 72.8. The number of nitrogens with zero attached hydrogens (tertiary/aromatic N) is 3. The van der Waals surface area contributed by atoms with E-state index in [4.69, 9.17) is 5.73 Å². The van der Waals surface area contributed by atoms with Gasteiger partial charge in [0, 0.05) is 50.9 Å². The van der Waals surface area contributed by atoms with E-state index in [0.29, 0.717) is 29.5 Å². The molecule has 2 heterocycles. The topological polar surface area (TPSA) is 162 Å². The third-order valence-electron chi connectivity index (χ3n) is 10.4. The van der Waals surface area contributed by atoms with Crippen molar-refractivity contribution in [1.82, 2.24) is 9.80 Å². The van der Waals surface area contributed by atoms with Crippen LogP contribution in [0.1, 0.15) is 40.7 Å². The molecule has 6 aliphatic rings. The number of hydrogen-bond acceptors (Lipinski definition) is 10. The van der Waals surface area contributed by atoms with Crippen LogP contribution in [0.25, 0.3) is 0 Å². The van der Waals surface area contributed by atoms with Crippen molar-refractivity contribution in [1.29, 1.82) is 0 Å². The molecule has 2 aliphatic heterocycles. The molecule has 2 bridgehead atoms. The number of hydrogen-bond donors (Lipinski definition) is 3. The van der Waals surface area contributed by atoms with E-state index in [9.17, 15) is 34.2 Å². The van der Waals surface area contributed by atoms with Gasteiger partial charge in [-0.1, -0.05) is 0 Å². The predicted molar refractivity (Wildman–Crippen MR) is 147 cm³/mol. The molecule has 11 nitrogen and oxygen atoms in total. The Morgan fingerprint density at radius 3 is 2.24 bits per heavy atom. The Morgan fingerprint density at radius 1 is 1.05 bits per heavy atom. The van der Waals surface area contributed by atoms with Gasteiger partial charge in [0.05, 0.1) is 17.5 Å². The van der Waals surface area contributed by atoms with Gasteiger partial charge in [-0.2, -0.15) is 0 Å². The first kappa shape index (κ1) is 28.0. The molecule has 6 atom stereocenters. The highest BCUT2D eigenvalue weighted by Crippen LogP contribution is 2.52. The third-order valence-corrected chi connectivity index (χ3v) is 10.4. The second-order valence-corrected chi connectivity index (χ2v) is 13.3. The number of nitrogens with two attached hydrogens (primary N) is 1. The Morgan fingerprint density at radius 2 is 1.68 bits per heavy atom. The zero-order chi connectivity index (χ0) is 29.7. The number of carbonyl (C=O) groups excluding carboxylic acids is 5. The number of phenolic OH excluding ortho intramolecular Hbond substituents is 1. The average molecular weight is 567 g/mol. The van der Waals surface area contributed by atoms with Crippen LogP contribution in [0.4, 0.5) is 5.69 Å². The number of aromatic hydroxyl groups is 1. The van der Waals surface area contributed by atoms with Crippen LogP contribution in [0.5, 0.6) is 5.75 Å². The van der Waals surface area contributed by atoms with Gasteiger partial charge in [-0.3, -0.25) is 33.8 Å². The quantitative estimate of drug-likeness (QED) is 0.406. The van der Waals surface area contributed by atoms with Gasteiger partial charge >= 0.3 is 0 Å². The zero-order valence-corrected chi connectivity index (χ0v) is 23.9. The molecular formula is C30H38N4O7. The smallest absolute Gasteiger partial charge is 0.235 e. The number of amides is 1. The van der Waals surface area contributed by atoms with Crippen molar-refractivity contribution in [3.8, 4) is 5.75 Å². The first-order chi connectivity index (χ1) is 19.2. The monoisotopic (exact) mass is 566 g/mol. The molecule has 2 unspecified atom stereocenters. The van der Waals surface area contributed by atoms with Crippen LogP contribution in [0.2, 0.25) is 0 Å². The summed E-state index contributed by atoms with van der Waals surface area (Å²) in [5.74, 6) is -8.85. The predicted octanol–water partition coefficient (Wildman–Crippen LogP) is -0.225. The molecule has 3 saturated carbocycles. The summed E-state index contributed by atoms with van der Waals surface area (Å²) < 4.78 is 0. The second kappa shape index (κ2) is 9.43. The molecule has 5 fully saturated rings. The van der Waals surface area contributed by atoms with Gasteiger partial charge in [-0.15, -0.1) is 0 Å². The van der Waals surface area contributed by atoms with E-state index in [1.165, 1.54) is 17.7 Å². The molecular weight excluding hydrogens is 528 g/mol. The first-order valence-electron chi connectivity index (χ1n) is 14.4. The summed E-state index contributed by atoms with van der Waals surface area (Å²) in [6, 6.07) is 0.799. The van der Waals surface area contributed by atoms with E-state index in [1.807, 2.05) is 25.1 Å². The van der Waals surface area contributed by atoms with Gasteiger partial charge in [0.25, 0.3) is 0 Å². The number of ketones is 4. The first-order valence-corrected chi connectivity index (χ1v) is 14.4. The van der Waals surface area contributed by atoms with Crippen molar-refractivity contribution in [3.63, 3.8) is 0 Å². The van der Waals surface area contributed by atoms with Crippen molar-refractivity contribution < 1.29 is 34.2 Å². The van der Waals surface area contributed by atoms with Crippen LogP contribution in [-0.4, -0.2) is 102 Å². The zero-order valence-electron chi connectivity index (χ0n) is 23.9. The number of aliphatic hydroxyl groups is 1. The maximum atomic E-state index is 14.2. The minimum absolute atomic E-state index is 0.0375. The van der Waals surface area contributed by atoms with E-state index in [1.54, 1.807) is 14.1 Å². The van der Waals surface area contributed by atoms with Gasteiger partial charge in [0.2, 0.25) is 5.91 Å². The summed E-state index contributed by atoms with van der Waals surface area (Å²) in [5.41, 5.74) is 4.72. The highest BCUT2D eigenvalue weighted by Gasteiger charge is 2.69. The van der Waals surface area contributed by atoms with Gasteiger partial charge < -0.3 is 20.8 Å². The largest absolute Gasteiger partial charge is 0.507 e. The average Bonchev–Trinajstić information content (AvgIpc) is 2.86. The second-order valence-electron chi connectivity index (χ2n) is 13.3. The maximum absolute atomic E-state index is 14.2. The molecule has 41 heavy (non-hydrogen) atoms. The minimum atomic E-state index is -2.72. The standard InChI is InChI=1S/C30H38N4O7/c1-32(2)19-9-16(12-34-10-13-5-14(6-13)11-34)24(35)21-17(19)7-15-8-18-23(33(3)4)26(37)22(29(31)40)28(39)30(18,41)27(38)20(15)25(21)36/h9,13-15,18,20,22-23,35,41H,5-8,10-12H2,1-4H3,(H2,31,40)/t13?,14?,15-,18-,20?,22?,23-,30-/m0/s1. The van der Waals surface area contributed by atoms with Crippen LogP contribution in [0.3, 0.4) is 0 Å². The molecule has 2 saturated heterocycles. The molecule has 11 heteroatoms. The Hall–Kier alpha value is -3.15. The molecule has 0 aromatic heterocycles. The summed E-state index contributed by atoms with van der Waals surface area (Å²) in [7, 11) is 6.87. The fourth-order valence-electron chi connectivity index (χ4n) is 8.57. The molecule has 1 aromatic carbocycles. The van der Waals surface area contributed by atoms with Crippen molar-refractivity contribution in [2.45, 2.75) is 43.9 Å². The van der Waals surface area contributed by atoms with Crippen molar-refractivity contribution in [3.05, 3.63) is 22.8 Å². The van der Waals surface area contributed by atoms with Gasteiger partial charge in [-0.05, 0) is 69.2 Å². The molecule has 7 rings (SSSR count). The van der Waals surface area contributed by atoms with Crippen LogP contribution < -0.4 is 10.6 Å². The lowest BCUT2D eigenvalue weighted by Gasteiger charge is -2.52. The summed E-state index contributed by atoms with van der Waals surface area (Å²) in [5, 5.41) is 23.3. The van der Waals surface area contributed by atoms with Crippen molar-refractivity contribution >= 4 is 34.7 Å². The number of carbonyl (C=O) groups is 5. The number of phenols is 1. The SMILES string of the molecule is CN(C)c1cc(CN2CC3CC(C3)C2)c(O)c2c1C[C@H]1C[C@H]3[C@H](N(C)C)C(=O)C(C(N)=O)C(=O)[C@@]3(O)C(=O)C1C2=O. The van der Waals surface area contributed by atoms with Crippen LogP contribution in [-0.2, 0) is 32.1 Å². The summed E-state index contributed by atoms with van der Waals surface area (Å²) in [6.45, 7) is 2.34. The van der Waals surface area contributed by atoms with E-state index in [0.717, 1.165) is 18.8 Å². The Labute approximate surface area is 238 Å². The number of likely N-dealkylation sites (N-methyl/N-ethyl adjacent to an activating group) is 1. The fourth-order valence-corrected chi connectivity index (χ4v) is 8.57. The van der Waals surface area contributed by atoms with Crippen molar-refractivity contribution in [2.24, 2.45) is 41.2 Å². The number of primary amides is 1. The fraction of sp³-hybridized carbons (Fsp3) is 0.633. The molecule has 4 aliphatic carbocycles. The van der Waals surface area contributed by atoms with Crippen LogP contribution in [0, 0.1) is 35.5 Å². The molecule has 0 spiro atoms. The van der Waals surface area contributed by atoms with Crippen LogP contribution >= 0.6 is 0 Å². The number of piperidine rings is 2. The van der Waals surface area contributed by atoms with Gasteiger partial charge in [-0.25, -0.2) is 0 Å². The molecule has 0 radical (unpaired) electrons. The molecule has 1 aromatic rings. The maximum Gasteiger partial charge on any atom is 0.235 e. The highest BCUT2D eigenvalue weighted by molar-refractivity contribution is 6.32. The molecule has 1 amide bonds. The van der Waals surface area contributed by atoms with Gasteiger partial charge in [0.1, 0.15) is 5.75 Å². The summed E-state index contributed by atoms with van der Waals surface area (Å²) >= 11 is 0. The van der Waals surface area contributed by atoms with E-state index in [2.05, 4.69) is 4.90 Å². The number of anilines is 1. The summed E-state index contributed by atoms with van der Waals surface area (Å²) in [6.07, 6.45) is 2.76. The van der Waals surface area contributed by atoms with E-state index in [-0.39, 0.29) is 24.2 Å². The Kier molecular flexibility index (Phi) is 6.44. The van der Waals surface area contributed by atoms with Crippen LogP contribution in [0.15, 0.2) is 6.07 Å². The third kappa shape index (κ3) is 3.92. The number of Topliss-reactive ketones (excluding diaryl/α,β-unsaturated/α-hetero) is 4. The Bertz CT molecular complexity index is 1370. The normalized spacial score (nSPS) is 36.4.